The van der Waals surface area contributed by atoms with Crippen molar-refractivity contribution in [3.05, 3.63) is 16.8 Å². The van der Waals surface area contributed by atoms with E-state index in [1.54, 1.807) is 7.05 Å². The zero-order chi connectivity index (χ0) is 13.2. The highest BCUT2D eigenvalue weighted by Crippen LogP contribution is 2.16. The Labute approximate surface area is 111 Å². The van der Waals surface area contributed by atoms with Crippen LogP contribution in [-0.2, 0) is 14.6 Å². The Balaban J connectivity index is 1.84. The number of amides is 1. The van der Waals surface area contributed by atoms with Crippen molar-refractivity contribution in [2.45, 2.75) is 12.5 Å². The predicted octanol–water partition coefficient (Wildman–Crippen LogP) is 0.805. The van der Waals surface area contributed by atoms with Gasteiger partial charge in [-0.1, -0.05) is 0 Å². The zero-order valence-electron chi connectivity index (χ0n) is 10.1. The maximum Gasteiger partial charge on any atom is 0.238 e. The number of anilines is 1. The highest BCUT2D eigenvalue weighted by atomic mass is 32.2. The third-order valence-electron chi connectivity index (χ3n) is 3.03. The minimum atomic E-state index is -2.90. The average molecular weight is 288 g/mol. The topological polar surface area (TPSA) is 66.5 Å². The van der Waals surface area contributed by atoms with E-state index >= 15 is 0 Å². The van der Waals surface area contributed by atoms with Gasteiger partial charge in [0.25, 0.3) is 0 Å². The van der Waals surface area contributed by atoms with Gasteiger partial charge in [0.2, 0.25) is 5.91 Å². The average Bonchev–Trinajstić information content (AvgIpc) is 2.87. The summed E-state index contributed by atoms with van der Waals surface area (Å²) in [6.07, 6.45) is 0.616. The smallest absolute Gasteiger partial charge is 0.238 e. The van der Waals surface area contributed by atoms with E-state index in [0.29, 0.717) is 6.42 Å². The predicted molar refractivity (Wildman–Crippen MR) is 72.6 cm³/mol. The molecule has 0 radical (unpaired) electrons. The first kappa shape index (κ1) is 13.5. The standard InChI is InChI=1S/C11H16N2O3S2/c1-13(10-3-5-18(15,16)8-10)6-11(14)12-9-2-4-17-7-9/h2,4,7,10H,3,5-6,8H2,1H3,(H,12,14). The maximum absolute atomic E-state index is 11.7. The number of carbonyl (C=O) groups excluding carboxylic acids is 1. The van der Waals surface area contributed by atoms with Gasteiger partial charge in [-0.3, -0.25) is 9.69 Å². The first-order chi connectivity index (χ1) is 8.46. The van der Waals surface area contributed by atoms with Crippen LogP contribution in [0.5, 0.6) is 0 Å². The Morgan fingerprint density at radius 2 is 2.39 bits per heavy atom. The van der Waals surface area contributed by atoms with E-state index in [4.69, 9.17) is 0 Å². The second-order valence-corrected chi connectivity index (χ2v) is 7.54. The van der Waals surface area contributed by atoms with Crippen LogP contribution >= 0.6 is 11.3 Å². The van der Waals surface area contributed by atoms with Crippen molar-refractivity contribution < 1.29 is 13.2 Å². The molecular formula is C11H16N2O3S2. The lowest BCUT2D eigenvalue weighted by atomic mass is 10.2. The summed E-state index contributed by atoms with van der Waals surface area (Å²) in [5.74, 6) is 0.281. The van der Waals surface area contributed by atoms with Crippen molar-refractivity contribution in [2.24, 2.45) is 0 Å². The molecule has 1 unspecified atom stereocenters. The largest absolute Gasteiger partial charge is 0.324 e. The molecule has 5 nitrogen and oxygen atoms in total. The van der Waals surface area contributed by atoms with Gasteiger partial charge in [-0.05, 0) is 24.9 Å². The third-order valence-corrected chi connectivity index (χ3v) is 5.46. The second kappa shape index (κ2) is 5.38. The summed E-state index contributed by atoms with van der Waals surface area (Å²) in [6, 6.07) is 1.80. The van der Waals surface area contributed by atoms with Crippen LogP contribution in [0.4, 0.5) is 5.69 Å². The van der Waals surface area contributed by atoms with Crippen LogP contribution in [0.1, 0.15) is 6.42 Å². The van der Waals surface area contributed by atoms with Gasteiger partial charge in [-0.2, -0.15) is 11.3 Å². The number of nitrogens with one attached hydrogen (secondary N) is 1. The lowest BCUT2D eigenvalue weighted by Gasteiger charge is -2.22. The van der Waals surface area contributed by atoms with Crippen LogP contribution in [0.15, 0.2) is 16.8 Å². The molecule has 0 aromatic carbocycles. The molecule has 1 aliphatic heterocycles. The molecular weight excluding hydrogens is 272 g/mol. The molecule has 0 bridgehead atoms. The molecule has 1 saturated heterocycles. The quantitative estimate of drug-likeness (QED) is 0.890. The lowest BCUT2D eigenvalue weighted by Crippen LogP contribution is -2.38. The Morgan fingerprint density at radius 1 is 1.61 bits per heavy atom. The molecule has 2 rings (SSSR count). The molecule has 2 heterocycles. The SMILES string of the molecule is CN(CC(=O)Nc1ccsc1)C1CCS(=O)(=O)C1. The number of thiophene rings is 1. The monoisotopic (exact) mass is 288 g/mol. The van der Waals surface area contributed by atoms with Crippen LogP contribution in [0.3, 0.4) is 0 Å². The number of likely N-dealkylation sites (N-methyl/N-ethyl adjacent to an activating group) is 1. The summed E-state index contributed by atoms with van der Waals surface area (Å²) < 4.78 is 22.7. The fraction of sp³-hybridized carbons (Fsp3) is 0.545. The van der Waals surface area contributed by atoms with Crippen molar-refractivity contribution in [2.75, 3.05) is 30.4 Å². The second-order valence-electron chi connectivity index (χ2n) is 4.53. The highest BCUT2D eigenvalue weighted by molar-refractivity contribution is 7.91. The fourth-order valence-corrected chi connectivity index (χ4v) is 4.41. The van der Waals surface area contributed by atoms with Crippen LogP contribution in [0, 0.1) is 0 Å². The molecule has 0 saturated carbocycles. The first-order valence-corrected chi connectivity index (χ1v) is 8.45. The molecule has 1 aromatic heterocycles. The van der Waals surface area contributed by atoms with Gasteiger partial charge in [0, 0.05) is 11.4 Å². The maximum atomic E-state index is 11.7. The minimum absolute atomic E-state index is 0.0387. The van der Waals surface area contributed by atoms with Gasteiger partial charge < -0.3 is 5.32 Å². The summed E-state index contributed by atoms with van der Waals surface area (Å²) in [5.41, 5.74) is 0.789. The Hall–Kier alpha value is -0.920. The number of hydrogen-bond donors (Lipinski definition) is 1. The van der Waals surface area contributed by atoms with E-state index in [0.717, 1.165) is 5.69 Å². The van der Waals surface area contributed by atoms with Gasteiger partial charge in [-0.15, -0.1) is 0 Å². The van der Waals surface area contributed by atoms with Crippen molar-refractivity contribution in [3.8, 4) is 0 Å². The normalized spacial score (nSPS) is 22.2. The number of sulfone groups is 1. The third kappa shape index (κ3) is 3.54. The van der Waals surface area contributed by atoms with Crippen LogP contribution in [-0.4, -0.2) is 50.4 Å². The lowest BCUT2D eigenvalue weighted by molar-refractivity contribution is -0.117. The number of carbonyl (C=O) groups is 1. The molecule has 1 amide bonds. The van der Waals surface area contributed by atoms with Crippen LogP contribution < -0.4 is 5.32 Å². The zero-order valence-corrected chi connectivity index (χ0v) is 11.8. The summed E-state index contributed by atoms with van der Waals surface area (Å²) in [4.78, 5) is 13.6. The minimum Gasteiger partial charge on any atom is -0.324 e. The molecule has 18 heavy (non-hydrogen) atoms. The Morgan fingerprint density at radius 3 is 2.94 bits per heavy atom. The van der Waals surface area contributed by atoms with Crippen molar-refractivity contribution in [1.29, 1.82) is 0 Å². The molecule has 100 valence electrons. The van der Waals surface area contributed by atoms with E-state index in [9.17, 15) is 13.2 Å². The summed E-state index contributed by atoms with van der Waals surface area (Å²) in [5, 5.41) is 6.53. The number of nitrogens with zero attached hydrogens (tertiary/aromatic N) is 1. The van der Waals surface area contributed by atoms with E-state index in [1.165, 1.54) is 11.3 Å². The molecule has 0 aliphatic carbocycles. The van der Waals surface area contributed by atoms with E-state index in [2.05, 4.69) is 5.32 Å². The van der Waals surface area contributed by atoms with Gasteiger partial charge in [0.15, 0.2) is 9.84 Å². The molecule has 1 aromatic rings. The molecule has 0 spiro atoms. The Kier molecular flexibility index (Phi) is 4.04. The van der Waals surface area contributed by atoms with Gasteiger partial charge in [-0.25, -0.2) is 8.42 Å². The number of hydrogen-bond acceptors (Lipinski definition) is 5. The molecule has 1 atom stereocenters. The van der Waals surface area contributed by atoms with Crippen molar-refractivity contribution in [1.82, 2.24) is 4.90 Å². The highest BCUT2D eigenvalue weighted by Gasteiger charge is 2.31. The molecule has 7 heteroatoms. The molecule has 1 fully saturated rings. The van der Waals surface area contributed by atoms with Crippen molar-refractivity contribution >= 4 is 32.8 Å². The Bertz CT molecular complexity index is 510. The summed E-state index contributed by atoms with van der Waals surface area (Å²) in [6.45, 7) is 0.218. The first-order valence-electron chi connectivity index (χ1n) is 5.69. The fourth-order valence-electron chi connectivity index (χ4n) is 2.01. The van der Waals surface area contributed by atoms with Crippen LogP contribution in [0.25, 0.3) is 0 Å². The van der Waals surface area contributed by atoms with Crippen LogP contribution in [0.2, 0.25) is 0 Å². The molecule has 1 aliphatic rings. The summed E-state index contributed by atoms with van der Waals surface area (Å²) >= 11 is 1.52. The number of rotatable bonds is 4. The van der Waals surface area contributed by atoms with Crippen molar-refractivity contribution in [3.63, 3.8) is 0 Å². The molecule has 1 N–H and O–H groups in total. The van der Waals surface area contributed by atoms with Gasteiger partial charge in [0.1, 0.15) is 0 Å². The summed E-state index contributed by atoms with van der Waals surface area (Å²) in [7, 11) is -1.11. The van der Waals surface area contributed by atoms with Gasteiger partial charge >= 0.3 is 0 Å². The van der Waals surface area contributed by atoms with E-state index in [-0.39, 0.29) is 30.0 Å². The van der Waals surface area contributed by atoms with E-state index in [1.807, 2.05) is 21.7 Å². The van der Waals surface area contributed by atoms with E-state index < -0.39 is 9.84 Å². The van der Waals surface area contributed by atoms with Gasteiger partial charge in [0.05, 0.1) is 23.7 Å².